The van der Waals surface area contributed by atoms with Crippen LogP contribution in [-0.4, -0.2) is 85.8 Å². The number of nitrogens with one attached hydrogen (secondary N) is 3. The van der Waals surface area contributed by atoms with Gasteiger partial charge in [-0.3, -0.25) is 24.3 Å². The van der Waals surface area contributed by atoms with Crippen LogP contribution < -0.4 is 21.4 Å². The van der Waals surface area contributed by atoms with E-state index in [9.17, 15) is 19.2 Å². The fourth-order valence-corrected chi connectivity index (χ4v) is 11.8. The van der Waals surface area contributed by atoms with E-state index in [1.54, 1.807) is 19.8 Å². The highest BCUT2D eigenvalue weighted by atomic mass is 32.2. The van der Waals surface area contributed by atoms with Crippen LogP contribution in [0.3, 0.4) is 0 Å². The minimum absolute atomic E-state index is 0. The normalized spacial score (nSPS) is 14.6. The second kappa shape index (κ2) is 44.2. The zero-order chi connectivity index (χ0) is 66.5. The second-order valence-electron chi connectivity index (χ2n) is 23.7. The maximum Gasteiger partial charge on any atom is 0.373 e. The Morgan fingerprint density at radius 1 is 0.543 bits per heavy atom. The quantitative estimate of drug-likeness (QED) is 0.0159. The van der Waals surface area contributed by atoms with Crippen molar-refractivity contribution in [1.82, 2.24) is 15.6 Å². The van der Waals surface area contributed by atoms with Crippen LogP contribution in [0.5, 0.6) is 0 Å². The molecule has 1 atom stereocenters. The fraction of sp³-hybridized carbons (Fsp3) is 0.305. The molecule has 12 heteroatoms. The van der Waals surface area contributed by atoms with E-state index in [1.165, 1.54) is 66.0 Å². The van der Waals surface area contributed by atoms with Crippen molar-refractivity contribution in [2.24, 2.45) is 5.73 Å². The summed E-state index contributed by atoms with van der Waals surface area (Å²) in [7, 11) is 2.53. The molecule has 8 aromatic carbocycles. The minimum Gasteiger partial charge on any atom is -0.437 e. The van der Waals surface area contributed by atoms with Gasteiger partial charge in [0.05, 0.1) is 0 Å². The van der Waals surface area contributed by atoms with Gasteiger partial charge in [0.1, 0.15) is 5.78 Å². The summed E-state index contributed by atoms with van der Waals surface area (Å²) in [5.74, 6) is 4.44. The average Bonchev–Trinajstić information content (AvgIpc) is 0.792. The van der Waals surface area contributed by atoms with E-state index in [0.29, 0.717) is 60.2 Å². The number of rotatable bonds is 16. The van der Waals surface area contributed by atoms with Gasteiger partial charge in [0.25, 0.3) is 0 Å². The van der Waals surface area contributed by atoms with Crippen LogP contribution in [0.1, 0.15) is 142 Å². The van der Waals surface area contributed by atoms with E-state index >= 15 is 0 Å². The number of carbonyl (C=O) groups excluding carboxylic acids is 4. The molecular weight excluding hydrogens is 1190 g/mol. The molecule has 8 aromatic rings. The Bertz CT molecular complexity index is 3260. The van der Waals surface area contributed by atoms with Gasteiger partial charge in [0.2, 0.25) is 0 Å². The highest BCUT2D eigenvalue weighted by Gasteiger charge is 2.39. The van der Waals surface area contributed by atoms with Gasteiger partial charge in [-0.25, -0.2) is 0 Å². The van der Waals surface area contributed by atoms with Crippen molar-refractivity contribution in [1.29, 1.82) is 0 Å². The first-order valence-corrected chi connectivity index (χ1v) is 34.8. The molecule has 9 nitrogen and oxygen atoms in total. The highest BCUT2D eigenvalue weighted by Crippen LogP contribution is 2.46. The van der Waals surface area contributed by atoms with E-state index in [0.717, 1.165) is 43.5 Å². The van der Waals surface area contributed by atoms with Crippen molar-refractivity contribution in [3.8, 4) is 0 Å². The summed E-state index contributed by atoms with van der Waals surface area (Å²) in [6.45, 7) is 11.6. The molecule has 6 N–H and O–H groups in total. The molecule has 3 aliphatic rings. The lowest BCUT2D eigenvalue weighted by atomic mass is 9.64. The number of Topliss-reactive ketones (excluding diaryl/α,β-unsaturated/α-hetero) is 2. The molecule has 0 spiro atoms. The largest absolute Gasteiger partial charge is 0.437 e. The molecule has 2 fully saturated rings. The maximum absolute atomic E-state index is 11.8. The second-order valence-corrected chi connectivity index (χ2v) is 26.0. The lowest BCUT2D eigenvalue weighted by Gasteiger charge is -2.41. The number of nitrogens with two attached hydrogens (primary N) is 1. The Labute approximate surface area is 570 Å². The number of hydrogen-bond acceptors (Lipinski definition) is 9. The van der Waals surface area contributed by atoms with Crippen molar-refractivity contribution in [2.75, 3.05) is 38.7 Å². The van der Waals surface area contributed by atoms with Crippen LogP contribution in [-0.2, 0) is 30.6 Å². The lowest BCUT2D eigenvalue weighted by Crippen LogP contribution is -2.41. The van der Waals surface area contributed by atoms with E-state index in [4.69, 9.17) is 10.8 Å². The Kier molecular flexibility index (Phi) is 37.9. The van der Waals surface area contributed by atoms with Crippen LogP contribution >= 0.6 is 19.9 Å². The first kappa shape index (κ1) is 80.7. The molecule has 0 bridgehead atoms. The van der Waals surface area contributed by atoms with Crippen molar-refractivity contribution in [3.05, 3.63) is 311 Å². The van der Waals surface area contributed by atoms with Crippen LogP contribution in [0, 0.1) is 0 Å². The van der Waals surface area contributed by atoms with E-state index < -0.39 is 7.05 Å². The Hall–Kier alpha value is -7.57. The topological polar surface area (TPSA) is 151 Å². The van der Waals surface area contributed by atoms with Gasteiger partial charge in [-0.2, -0.15) is 10.5 Å². The molecule has 3 aliphatic carbocycles. The summed E-state index contributed by atoms with van der Waals surface area (Å²) >= 11 is 0. The van der Waals surface area contributed by atoms with Gasteiger partial charge in [0, 0.05) is 72.3 Å². The summed E-state index contributed by atoms with van der Waals surface area (Å²) in [6.07, 6.45) is 17.6. The zero-order valence-electron chi connectivity index (χ0n) is 54.9. The smallest absolute Gasteiger partial charge is 0.373 e. The Balaban J connectivity index is 0.000000302. The number of benzene rings is 8. The van der Waals surface area contributed by atoms with Gasteiger partial charge < -0.3 is 21.3 Å². The van der Waals surface area contributed by atoms with E-state index in [-0.39, 0.29) is 48.4 Å². The van der Waals surface area contributed by atoms with Crippen LogP contribution in [0.4, 0.5) is 0 Å². The van der Waals surface area contributed by atoms with Crippen LogP contribution in [0.25, 0.3) is 0 Å². The first-order valence-electron chi connectivity index (χ1n) is 32.0. The molecule has 0 amide bonds. The average molecular weight is 1300 g/mol. The van der Waals surface area contributed by atoms with Gasteiger partial charge in [-0.05, 0) is 130 Å². The number of carbonyl (C=O) groups is 4. The summed E-state index contributed by atoms with van der Waals surface area (Å²) in [4.78, 5) is 45.0. The molecule has 94 heavy (non-hydrogen) atoms. The molecule has 498 valence electrons. The predicted molar refractivity (Wildman–Crippen MR) is 409 cm³/mol. The number of ketones is 4. The molecule has 11 rings (SSSR count). The van der Waals surface area contributed by atoms with Gasteiger partial charge in [-0.15, -0.1) is 0 Å². The maximum atomic E-state index is 11.8. The minimum atomic E-state index is -0.427. The molecule has 0 aromatic heterocycles. The van der Waals surface area contributed by atoms with Crippen molar-refractivity contribution in [2.45, 2.75) is 122 Å². The summed E-state index contributed by atoms with van der Waals surface area (Å²) < 4.78 is 0. The lowest BCUT2D eigenvalue weighted by molar-refractivity contribution is -0.121. The predicted octanol–water partition coefficient (Wildman–Crippen LogP) is 16.8. The van der Waals surface area contributed by atoms with Gasteiger partial charge in [-0.1, -0.05) is 285 Å². The van der Waals surface area contributed by atoms with E-state index in [2.05, 4.69) is 226 Å². The fourth-order valence-electron chi connectivity index (χ4n) is 11.6. The summed E-state index contributed by atoms with van der Waals surface area (Å²) in [5, 5.41) is 18.1. The Morgan fingerprint density at radius 2 is 0.862 bits per heavy atom. The van der Waals surface area contributed by atoms with Gasteiger partial charge >= 0.3 is 7.05 Å². The zero-order valence-corrected chi connectivity index (χ0v) is 56.8. The molecule has 0 saturated heterocycles. The Morgan fingerprint density at radius 3 is 1.14 bits per heavy atom. The summed E-state index contributed by atoms with van der Waals surface area (Å²) in [6, 6.07) is 83.6. The van der Waals surface area contributed by atoms with E-state index in [1.807, 2.05) is 72.8 Å². The first-order chi connectivity index (χ1) is 44.5. The number of hydrogen-bond donors (Lipinski definition) is 5. The third-order valence-corrected chi connectivity index (χ3v) is 17.0. The third kappa shape index (κ3) is 26.3. The van der Waals surface area contributed by atoms with Crippen LogP contribution in [0.2, 0.25) is 6.82 Å². The van der Waals surface area contributed by atoms with Gasteiger partial charge in [0.15, 0.2) is 17.3 Å². The molecule has 0 aliphatic heterocycles. The van der Waals surface area contributed by atoms with Crippen molar-refractivity contribution < 1.29 is 24.2 Å². The number of allylic oxidation sites excluding steroid dienone is 3. The molecule has 2 saturated carbocycles. The third-order valence-electron chi connectivity index (χ3n) is 16.7. The van der Waals surface area contributed by atoms with Crippen LogP contribution in [0.15, 0.2) is 267 Å². The molecular formula is C82H106BN4O5PS. The van der Waals surface area contributed by atoms with Crippen molar-refractivity contribution >= 4 is 55.9 Å². The van der Waals surface area contributed by atoms with Crippen molar-refractivity contribution in [3.63, 3.8) is 0 Å². The molecule has 0 heterocycles. The molecule has 0 radical (unpaired) electrons. The monoisotopic (exact) mass is 1300 g/mol. The highest BCUT2D eigenvalue weighted by molar-refractivity contribution is 8.12. The molecule has 1 unspecified atom stereocenters. The standard InChI is InChI=1S/C20H27N2P.C18H18O.C18H16O.C13H10O.C5H8O.C3H11BN2O.C3H8S.2CH4/c23-22-16-15-21-19-11-13-20(14-12-19,17-7-3-1-4-8-17)18-9-5-2-6-10-18;2*19-17-11-13-18(14-12-17,15-7-3-1-4-8-15)16-9-5-2-6-10-16;14-13(11-7-3-1-4-8-11)12-9-5-2-6-10-12;1-4(2)5(3)6;1-4(7)6-3-2-5;1-4(2)3;;/h1-10,19,21-22H,11-16,23H2;1-10H,11-14H2;1-11,13H,12,14H2;1-10H;1H2,2-3H3;6-7H,2-3,5H2,1H3;1H2,2-3H3;2*1H4. The summed E-state index contributed by atoms with van der Waals surface area (Å²) in [5.41, 5.74) is 15.4. The SMILES string of the molecule is C.C.C=C(C)C(C)=O.C=S(C)C.CB(O)NCCN.O=C(c1ccccc1)c1ccccc1.O=C1C=CC(c2ccccc2)(c2ccccc2)CC1.O=C1CCC(c2ccccc2)(c2ccccc2)CC1.PNCCNC1CCC(c2ccccc2)(c2ccccc2)CC1.